The van der Waals surface area contributed by atoms with Gasteiger partial charge in [-0.25, -0.2) is 9.97 Å². The van der Waals surface area contributed by atoms with Crippen molar-refractivity contribution >= 4 is 11.3 Å². The molecule has 2 unspecified atom stereocenters. The Labute approximate surface area is 289 Å². The normalized spacial score (nSPS) is 23.8. The van der Waals surface area contributed by atoms with Crippen LogP contribution in [0.2, 0.25) is 0 Å². The third-order valence-electron chi connectivity index (χ3n) is 8.32. The van der Waals surface area contributed by atoms with Crippen LogP contribution in [0.25, 0.3) is 0 Å². The second-order valence-corrected chi connectivity index (χ2v) is 13.3. The van der Waals surface area contributed by atoms with E-state index in [0.717, 1.165) is 12.3 Å². The summed E-state index contributed by atoms with van der Waals surface area (Å²) in [7, 11) is 3.19. The van der Waals surface area contributed by atoms with Gasteiger partial charge in [0.25, 0.3) is 0 Å². The Kier molecular flexibility index (Phi) is 11.4. The molecule has 0 radical (unpaired) electrons. The van der Waals surface area contributed by atoms with E-state index in [2.05, 4.69) is 14.7 Å². The molecule has 51 heavy (non-hydrogen) atoms. The molecule has 5 rings (SSSR count). The van der Waals surface area contributed by atoms with E-state index < -0.39 is 72.7 Å². The van der Waals surface area contributed by atoms with Crippen LogP contribution in [0.15, 0.2) is 42.7 Å². The Morgan fingerprint density at radius 1 is 0.941 bits per heavy atom. The van der Waals surface area contributed by atoms with E-state index in [1.54, 1.807) is 14.1 Å². The first kappa shape index (κ1) is 38.8. The lowest BCUT2D eigenvalue weighted by molar-refractivity contribution is -0.376. The number of aliphatic hydroxyl groups excluding tert-OH is 3. The van der Waals surface area contributed by atoms with Gasteiger partial charge in [-0.3, -0.25) is 4.90 Å². The Morgan fingerprint density at radius 2 is 1.63 bits per heavy atom. The number of nitrogens with zero attached hydrogens (tertiary/aromatic N) is 3. The van der Waals surface area contributed by atoms with Crippen molar-refractivity contribution in [1.29, 1.82) is 0 Å². The molecule has 2 aromatic heterocycles. The number of benzene rings is 1. The van der Waals surface area contributed by atoms with Gasteiger partial charge in [0.05, 0.1) is 12.7 Å². The fourth-order valence-electron chi connectivity index (χ4n) is 5.46. The van der Waals surface area contributed by atoms with Crippen LogP contribution in [0.4, 0.5) is 35.1 Å². The number of aliphatic hydroxyl groups is 4. The predicted octanol–water partition coefficient (Wildman–Crippen LogP) is 4.12. The number of thiazole rings is 1. The molecule has 282 valence electrons. The van der Waals surface area contributed by atoms with Crippen molar-refractivity contribution in [2.75, 3.05) is 20.7 Å². The zero-order valence-corrected chi connectivity index (χ0v) is 27.5. The van der Waals surface area contributed by atoms with Gasteiger partial charge in [0.1, 0.15) is 29.4 Å². The summed E-state index contributed by atoms with van der Waals surface area (Å²) in [6.07, 6.45) is -14.7. The Morgan fingerprint density at radius 3 is 2.18 bits per heavy atom. The highest BCUT2D eigenvalue weighted by atomic mass is 32.1. The fourth-order valence-corrected chi connectivity index (χ4v) is 6.64. The molecule has 2 aliphatic rings. The lowest BCUT2D eigenvalue weighted by Gasteiger charge is -2.44. The summed E-state index contributed by atoms with van der Waals surface area (Å²) >= 11 is -0.0293. The number of rotatable bonds is 13. The number of aromatic nitrogens is 2. The van der Waals surface area contributed by atoms with E-state index in [9.17, 15) is 55.5 Å². The highest BCUT2D eigenvalue weighted by molar-refractivity contribution is 7.11. The van der Waals surface area contributed by atoms with Gasteiger partial charge in [-0.2, -0.15) is 35.1 Å². The number of halogens is 8. The van der Waals surface area contributed by atoms with Gasteiger partial charge in [-0.1, -0.05) is 12.1 Å². The van der Waals surface area contributed by atoms with Crippen molar-refractivity contribution in [3.63, 3.8) is 0 Å². The summed E-state index contributed by atoms with van der Waals surface area (Å²) in [6.45, 7) is -3.85. The van der Waals surface area contributed by atoms with Crippen LogP contribution in [0.3, 0.4) is 0 Å². The molecule has 6 atom stereocenters. The number of likely N-dealkylation sites (N-methyl/N-ethyl adjacent to an activating group) is 1. The molecular weight excluding hydrogens is 726 g/mol. The maximum absolute atomic E-state index is 13.7. The Bertz CT molecular complexity index is 1610. The quantitative estimate of drug-likeness (QED) is 0.187. The van der Waals surface area contributed by atoms with Gasteiger partial charge in [-0.15, -0.1) is 11.3 Å². The molecule has 11 nitrogen and oxygen atoms in total. The van der Waals surface area contributed by atoms with E-state index in [4.69, 9.17) is 14.2 Å². The van der Waals surface area contributed by atoms with E-state index in [1.807, 2.05) is 0 Å². The SMILES string of the molecule is CN(C)[C@@H]1C(O)[C@H](O)C(CO)O[C@H]1Oc1ccc(C[C@@H](c2ccc(OC(F)F)c(OC3CC3)c2)c2cnc(C(O)(C(F)(F)F)C(F)(F)F)s2)cn1. The molecule has 4 N–H and O–H groups in total. The molecule has 3 aromatic rings. The monoisotopic (exact) mass is 759 g/mol. The highest BCUT2D eigenvalue weighted by Gasteiger charge is 2.73. The van der Waals surface area contributed by atoms with Crippen molar-refractivity contribution in [3.8, 4) is 17.4 Å². The molecule has 1 saturated carbocycles. The predicted molar refractivity (Wildman–Crippen MR) is 160 cm³/mol. The van der Waals surface area contributed by atoms with Crippen LogP contribution in [0, 0.1) is 0 Å². The molecule has 1 aromatic carbocycles. The molecule has 0 amide bonds. The van der Waals surface area contributed by atoms with Crippen LogP contribution in [0.5, 0.6) is 17.4 Å². The summed E-state index contributed by atoms with van der Waals surface area (Å²) in [6, 6.07) is 5.69. The maximum atomic E-state index is 13.7. The van der Waals surface area contributed by atoms with Crippen molar-refractivity contribution in [2.24, 2.45) is 0 Å². The topological polar surface area (TPSA) is 147 Å². The van der Waals surface area contributed by atoms with Crippen LogP contribution >= 0.6 is 11.3 Å². The van der Waals surface area contributed by atoms with Gasteiger partial charge in [0.15, 0.2) is 11.5 Å². The summed E-state index contributed by atoms with van der Waals surface area (Å²) in [4.78, 5) is 8.94. The van der Waals surface area contributed by atoms with Gasteiger partial charge in [-0.05, 0) is 56.6 Å². The first-order valence-corrected chi connectivity index (χ1v) is 16.1. The summed E-state index contributed by atoms with van der Waals surface area (Å²) < 4.78 is 130. The molecular formula is C31H33F8N3O8S. The third kappa shape index (κ3) is 8.31. The van der Waals surface area contributed by atoms with Crippen LogP contribution in [0.1, 0.15) is 39.8 Å². The van der Waals surface area contributed by atoms with Crippen LogP contribution < -0.4 is 14.2 Å². The largest absolute Gasteiger partial charge is 0.487 e. The van der Waals surface area contributed by atoms with Gasteiger partial charge in [0.2, 0.25) is 12.2 Å². The lowest BCUT2D eigenvalue weighted by atomic mass is 9.91. The number of alkyl halides is 8. The van der Waals surface area contributed by atoms with E-state index in [-0.39, 0.29) is 51.7 Å². The van der Waals surface area contributed by atoms with Crippen molar-refractivity contribution in [2.45, 2.75) is 86.5 Å². The van der Waals surface area contributed by atoms with Crippen LogP contribution in [-0.2, 0) is 16.8 Å². The van der Waals surface area contributed by atoms with E-state index in [1.165, 1.54) is 35.4 Å². The van der Waals surface area contributed by atoms with E-state index >= 15 is 0 Å². The van der Waals surface area contributed by atoms with Gasteiger partial charge < -0.3 is 39.4 Å². The number of hydrogen-bond acceptors (Lipinski definition) is 12. The minimum atomic E-state index is -6.17. The third-order valence-corrected chi connectivity index (χ3v) is 9.54. The molecule has 1 aliphatic carbocycles. The fraction of sp³-hybridized carbons (Fsp3) is 0.548. The van der Waals surface area contributed by atoms with Crippen molar-refractivity contribution in [1.82, 2.24) is 14.9 Å². The second-order valence-electron chi connectivity index (χ2n) is 12.2. The van der Waals surface area contributed by atoms with Crippen LogP contribution in [-0.4, -0.2) is 112 Å². The average Bonchev–Trinajstić information content (AvgIpc) is 3.73. The highest BCUT2D eigenvalue weighted by Crippen LogP contribution is 2.52. The summed E-state index contributed by atoms with van der Waals surface area (Å²) in [5.41, 5.74) is -4.68. The molecule has 0 bridgehead atoms. The lowest BCUT2D eigenvalue weighted by Crippen LogP contribution is -2.64. The smallest absolute Gasteiger partial charge is 0.433 e. The minimum Gasteiger partial charge on any atom is -0.487 e. The summed E-state index contributed by atoms with van der Waals surface area (Å²) in [5.74, 6) is -1.57. The first-order chi connectivity index (χ1) is 23.8. The average molecular weight is 760 g/mol. The second kappa shape index (κ2) is 14.9. The number of pyridine rings is 1. The van der Waals surface area contributed by atoms with Crippen molar-refractivity contribution in [3.05, 3.63) is 63.7 Å². The molecule has 2 fully saturated rings. The van der Waals surface area contributed by atoms with Crippen molar-refractivity contribution < 1.29 is 74.5 Å². The molecule has 20 heteroatoms. The maximum Gasteiger partial charge on any atom is 0.433 e. The number of ether oxygens (including phenoxy) is 4. The van der Waals surface area contributed by atoms with Gasteiger partial charge >= 0.3 is 24.6 Å². The minimum absolute atomic E-state index is 0.0293. The molecule has 3 heterocycles. The summed E-state index contributed by atoms with van der Waals surface area (Å²) in [5, 5.41) is 38.8. The molecule has 1 aliphatic heterocycles. The van der Waals surface area contributed by atoms with E-state index in [0.29, 0.717) is 18.4 Å². The standard InChI is InChI=1S/C31H33F8N3O8S/c1-42(2)23-25(45)24(44)20(13-43)48-26(23)50-22-8-3-14(11-40-22)9-17(15-4-7-18(49-28(32)33)19(10-15)47-16-5-6-16)21-12-41-27(51-21)29(46,30(34,35)36)31(37,38)39/h3-4,7-8,10-12,16-17,20,23-26,28,43-46H,5-6,9,13H2,1-2H3/t17-,20?,23+,24+,25?,26-/m0/s1. The first-order valence-electron chi connectivity index (χ1n) is 15.3. The molecule has 0 spiro atoms. The zero-order valence-electron chi connectivity index (χ0n) is 26.7. The van der Waals surface area contributed by atoms with Gasteiger partial charge in [0, 0.05) is 29.3 Å². The number of hydrogen-bond donors (Lipinski definition) is 4. The Hall–Kier alpha value is -3.40. The zero-order chi connectivity index (χ0) is 37.5. The molecule has 1 saturated heterocycles. The Balaban J connectivity index is 1.49.